The van der Waals surface area contributed by atoms with E-state index in [9.17, 15) is 14.0 Å². The van der Waals surface area contributed by atoms with Crippen LogP contribution < -0.4 is 0 Å². The van der Waals surface area contributed by atoms with Crippen LogP contribution in [-0.2, 0) is 22.7 Å². The van der Waals surface area contributed by atoms with Gasteiger partial charge in [0, 0.05) is 26.1 Å². The fourth-order valence-corrected chi connectivity index (χ4v) is 2.68. The van der Waals surface area contributed by atoms with Crippen molar-refractivity contribution in [1.82, 2.24) is 9.80 Å². The minimum Gasteiger partial charge on any atom is -0.334 e. The first-order valence-corrected chi connectivity index (χ1v) is 8.70. The third kappa shape index (κ3) is 5.69. The largest absolute Gasteiger partial charge is 0.334 e. The van der Waals surface area contributed by atoms with E-state index in [1.807, 2.05) is 44.2 Å². The van der Waals surface area contributed by atoms with Gasteiger partial charge in [0.2, 0.25) is 11.8 Å². The average molecular weight is 356 g/mol. The SMILES string of the molecule is CC(=O)N(CC(=O)N(Cc1ccccc1)C(C)C)Cc1ccc(F)cc1. The number of rotatable bonds is 7. The number of benzene rings is 2. The molecular formula is C21H25FN2O2. The average Bonchev–Trinajstić information content (AvgIpc) is 2.61. The highest BCUT2D eigenvalue weighted by Gasteiger charge is 2.21. The zero-order chi connectivity index (χ0) is 19.1. The fraction of sp³-hybridized carbons (Fsp3) is 0.333. The van der Waals surface area contributed by atoms with Crippen molar-refractivity contribution < 1.29 is 14.0 Å². The lowest BCUT2D eigenvalue weighted by molar-refractivity contribution is -0.141. The molecular weight excluding hydrogens is 331 g/mol. The Labute approximate surface area is 154 Å². The number of hydrogen-bond acceptors (Lipinski definition) is 2. The van der Waals surface area contributed by atoms with Crippen molar-refractivity contribution in [2.24, 2.45) is 0 Å². The first kappa shape index (κ1) is 19.6. The predicted molar refractivity (Wildman–Crippen MR) is 99.6 cm³/mol. The summed E-state index contributed by atoms with van der Waals surface area (Å²) in [6, 6.07) is 15.7. The highest BCUT2D eigenvalue weighted by molar-refractivity contribution is 5.84. The van der Waals surface area contributed by atoms with Gasteiger partial charge in [-0.25, -0.2) is 4.39 Å². The van der Waals surface area contributed by atoms with E-state index in [4.69, 9.17) is 0 Å². The second kappa shape index (κ2) is 9.13. The molecule has 0 saturated carbocycles. The van der Waals surface area contributed by atoms with Crippen LogP contribution in [-0.4, -0.2) is 34.2 Å². The maximum atomic E-state index is 13.1. The molecule has 0 aliphatic rings. The van der Waals surface area contributed by atoms with Crippen LogP contribution in [0.2, 0.25) is 0 Å². The summed E-state index contributed by atoms with van der Waals surface area (Å²) in [6.07, 6.45) is 0. The van der Waals surface area contributed by atoms with Gasteiger partial charge in [-0.15, -0.1) is 0 Å². The molecule has 0 bridgehead atoms. The molecule has 0 aliphatic heterocycles. The molecule has 4 nitrogen and oxygen atoms in total. The van der Waals surface area contributed by atoms with Gasteiger partial charge in [0.25, 0.3) is 0 Å². The molecule has 2 amide bonds. The van der Waals surface area contributed by atoms with Gasteiger partial charge >= 0.3 is 0 Å². The normalized spacial score (nSPS) is 10.7. The molecule has 0 atom stereocenters. The molecule has 26 heavy (non-hydrogen) atoms. The molecule has 2 aromatic carbocycles. The first-order chi connectivity index (χ1) is 12.4. The van der Waals surface area contributed by atoms with E-state index in [1.54, 1.807) is 17.0 Å². The summed E-state index contributed by atoms with van der Waals surface area (Å²) in [5.74, 6) is -0.625. The Morgan fingerprint density at radius 2 is 1.50 bits per heavy atom. The van der Waals surface area contributed by atoms with Crippen molar-refractivity contribution in [3.63, 3.8) is 0 Å². The zero-order valence-electron chi connectivity index (χ0n) is 15.5. The molecule has 0 N–H and O–H groups in total. The first-order valence-electron chi connectivity index (χ1n) is 8.70. The van der Waals surface area contributed by atoms with Crippen molar-refractivity contribution >= 4 is 11.8 Å². The number of carbonyl (C=O) groups is 2. The Bertz CT molecular complexity index is 729. The summed E-state index contributed by atoms with van der Waals surface area (Å²) >= 11 is 0. The fourth-order valence-electron chi connectivity index (χ4n) is 2.68. The maximum Gasteiger partial charge on any atom is 0.242 e. The van der Waals surface area contributed by atoms with Gasteiger partial charge in [0.05, 0.1) is 0 Å². The monoisotopic (exact) mass is 356 g/mol. The molecule has 0 aliphatic carbocycles. The highest BCUT2D eigenvalue weighted by atomic mass is 19.1. The summed E-state index contributed by atoms with van der Waals surface area (Å²) in [7, 11) is 0. The van der Waals surface area contributed by atoms with E-state index in [0.29, 0.717) is 6.54 Å². The Kier molecular flexibility index (Phi) is 6.89. The van der Waals surface area contributed by atoms with Crippen LogP contribution in [0, 0.1) is 5.82 Å². The van der Waals surface area contributed by atoms with Crippen molar-refractivity contribution in [3.8, 4) is 0 Å². The van der Waals surface area contributed by atoms with Gasteiger partial charge < -0.3 is 9.80 Å². The quantitative estimate of drug-likeness (QED) is 0.760. The van der Waals surface area contributed by atoms with Gasteiger partial charge in [-0.05, 0) is 37.1 Å². The Morgan fingerprint density at radius 3 is 2.04 bits per heavy atom. The third-order valence-electron chi connectivity index (χ3n) is 4.20. The lowest BCUT2D eigenvalue weighted by Gasteiger charge is -2.30. The predicted octanol–water partition coefficient (Wildman–Crippen LogP) is 3.61. The minimum atomic E-state index is -0.326. The Morgan fingerprint density at radius 1 is 0.923 bits per heavy atom. The van der Waals surface area contributed by atoms with Crippen molar-refractivity contribution in [2.75, 3.05) is 6.54 Å². The number of carbonyl (C=O) groups excluding carboxylic acids is 2. The summed E-state index contributed by atoms with van der Waals surface area (Å²) in [5.41, 5.74) is 1.83. The van der Waals surface area contributed by atoms with Gasteiger partial charge in [-0.2, -0.15) is 0 Å². The molecule has 2 rings (SSSR count). The number of halogens is 1. The smallest absolute Gasteiger partial charge is 0.242 e. The topological polar surface area (TPSA) is 40.6 Å². The standard InChI is InChI=1S/C21H25FN2O2/c1-16(2)24(14-18-7-5-4-6-8-18)21(26)15-23(17(3)25)13-19-9-11-20(22)12-10-19/h4-12,16H,13-15H2,1-3H3. The van der Waals surface area contributed by atoms with E-state index >= 15 is 0 Å². The van der Waals surface area contributed by atoms with Crippen LogP contribution in [0.25, 0.3) is 0 Å². The van der Waals surface area contributed by atoms with Crippen molar-refractivity contribution in [3.05, 3.63) is 71.5 Å². The van der Waals surface area contributed by atoms with Gasteiger partial charge in [-0.3, -0.25) is 9.59 Å². The molecule has 0 fully saturated rings. The Balaban J connectivity index is 2.08. The van der Waals surface area contributed by atoms with E-state index in [2.05, 4.69) is 0 Å². The summed E-state index contributed by atoms with van der Waals surface area (Å²) in [6.45, 7) is 6.13. The van der Waals surface area contributed by atoms with E-state index in [-0.39, 0.29) is 36.8 Å². The van der Waals surface area contributed by atoms with E-state index in [1.165, 1.54) is 24.0 Å². The second-order valence-corrected chi connectivity index (χ2v) is 6.60. The number of amides is 2. The van der Waals surface area contributed by atoms with Crippen LogP contribution in [0.15, 0.2) is 54.6 Å². The summed E-state index contributed by atoms with van der Waals surface area (Å²) in [5, 5.41) is 0. The summed E-state index contributed by atoms with van der Waals surface area (Å²) < 4.78 is 13.1. The zero-order valence-corrected chi connectivity index (χ0v) is 15.5. The molecule has 138 valence electrons. The molecule has 2 aromatic rings. The molecule has 0 radical (unpaired) electrons. The van der Waals surface area contributed by atoms with Crippen LogP contribution >= 0.6 is 0 Å². The lowest BCUT2D eigenvalue weighted by Crippen LogP contribution is -2.44. The highest BCUT2D eigenvalue weighted by Crippen LogP contribution is 2.12. The molecule has 0 heterocycles. The molecule has 0 unspecified atom stereocenters. The van der Waals surface area contributed by atoms with E-state index < -0.39 is 0 Å². The lowest BCUT2D eigenvalue weighted by atomic mass is 10.1. The van der Waals surface area contributed by atoms with Crippen molar-refractivity contribution in [2.45, 2.75) is 39.9 Å². The maximum absolute atomic E-state index is 13.1. The molecule has 0 spiro atoms. The molecule has 5 heteroatoms. The van der Waals surface area contributed by atoms with E-state index in [0.717, 1.165) is 11.1 Å². The molecule has 0 aromatic heterocycles. The summed E-state index contributed by atoms with van der Waals surface area (Å²) in [4.78, 5) is 28.0. The van der Waals surface area contributed by atoms with Gasteiger partial charge in [-0.1, -0.05) is 42.5 Å². The van der Waals surface area contributed by atoms with Crippen molar-refractivity contribution in [1.29, 1.82) is 0 Å². The molecule has 0 saturated heterocycles. The van der Waals surface area contributed by atoms with Crippen LogP contribution in [0.1, 0.15) is 31.9 Å². The third-order valence-corrected chi connectivity index (χ3v) is 4.20. The van der Waals surface area contributed by atoms with Crippen LogP contribution in [0.5, 0.6) is 0 Å². The van der Waals surface area contributed by atoms with Gasteiger partial charge in [0.1, 0.15) is 12.4 Å². The van der Waals surface area contributed by atoms with Crippen LogP contribution in [0.4, 0.5) is 4.39 Å². The Hall–Kier alpha value is -2.69. The van der Waals surface area contributed by atoms with Gasteiger partial charge in [0.15, 0.2) is 0 Å². The number of hydrogen-bond donors (Lipinski definition) is 0. The minimum absolute atomic E-state index is 0.00226. The van der Waals surface area contributed by atoms with Crippen LogP contribution in [0.3, 0.4) is 0 Å². The number of nitrogens with zero attached hydrogens (tertiary/aromatic N) is 2. The second-order valence-electron chi connectivity index (χ2n) is 6.60.